The minimum absolute atomic E-state index is 0.164. The molecule has 2 heteroatoms. The molecule has 0 bridgehead atoms. The zero-order valence-electron chi connectivity index (χ0n) is 10.8. The summed E-state index contributed by atoms with van der Waals surface area (Å²) in [5, 5.41) is 1.26. The number of nitrogens with zero attached hydrogens (tertiary/aromatic N) is 1. The fourth-order valence-electron chi connectivity index (χ4n) is 2.01. The third-order valence-corrected chi connectivity index (χ3v) is 2.98. The normalized spacial score (nSPS) is 12.6. The van der Waals surface area contributed by atoms with Gasteiger partial charge in [-0.3, -0.25) is 0 Å². The fourth-order valence-corrected chi connectivity index (χ4v) is 2.01. The second-order valence-electron chi connectivity index (χ2n) is 5.75. The highest BCUT2D eigenvalue weighted by Gasteiger charge is 2.18. The number of rotatable bonds is 1. The molecule has 16 heavy (non-hydrogen) atoms. The summed E-state index contributed by atoms with van der Waals surface area (Å²) < 4.78 is 0. The van der Waals surface area contributed by atoms with Crippen LogP contribution in [0, 0.1) is 0 Å². The Bertz CT molecular complexity index is 501. The molecule has 86 valence electrons. The molecule has 0 aliphatic heterocycles. The Hall–Kier alpha value is -1.31. The van der Waals surface area contributed by atoms with Crippen molar-refractivity contribution in [2.45, 2.75) is 46.0 Å². The Morgan fingerprint density at radius 1 is 1.25 bits per heavy atom. The summed E-state index contributed by atoms with van der Waals surface area (Å²) in [6, 6.07) is 4.37. The van der Waals surface area contributed by atoms with Crippen LogP contribution in [0.3, 0.4) is 0 Å². The second kappa shape index (κ2) is 3.62. The van der Waals surface area contributed by atoms with E-state index < -0.39 is 0 Å². The van der Waals surface area contributed by atoms with E-state index in [1.165, 1.54) is 16.6 Å². The van der Waals surface area contributed by atoms with Gasteiger partial charge in [0, 0.05) is 17.3 Å². The molecule has 0 aromatic carbocycles. The van der Waals surface area contributed by atoms with Crippen LogP contribution in [-0.4, -0.2) is 9.97 Å². The maximum Gasteiger partial charge on any atom is 0.137 e. The van der Waals surface area contributed by atoms with Crippen LogP contribution in [0.1, 0.15) is 51.8 Å². The highest BCUT2D eigenvalue weighted by molar-refractivity contribution is 5.81. The van der Waals surface area contributed by atoms with Gasteiger partial charge in [-0.15, -0.1) is 0 Å². The van der Waals surface area contributed by atoms with Gasteiger partial charge in [0.2, 0.25) is 0 Å². The molecule has 2 aromatic rings. The number of hydrogen-bond acceptors (Lipinski definition) is 1. The SMILES string of the molecule is CC(C)c1cc2c(C(C)(C)C)ccnc2[nH]1. The van der Waals surface area contributed by atoms with Crippen LogP contribution < -0.4 is 0 Å². The predicted molar refractivity (Wildman–Crippen MR) is 68.9 cm³/mol. The molecule has 0 spiro atoms. The van der Waals surface area contributed by atoms with Gasteiger partial charge in [-0.2, -0.15) is 0 Å². The van der Waals surface area contributed by atoms with E-state index in [0.29, 0.717) is 5.92 Å². The molecule has 2 heterocycles. The molecule has 0 unspecified atom stereocenters. The summed E-state index contributed by atoms with van der Waals surface area (Å²) in [6.45, 7) is 11.1. The molecular formula is C14H20N2. The quantitative estimate of drug-likeness (QED) is 0.767. The summed E-state index contributed by atoms with van der Waals surface area (Å²) in [4.78, 5) is 7.80. The van der Waals surface area contributed by atoms with E-state index in [2.05, 4.69) is 56.7 Å². The third-order valence-electron chi connectivity index (χ3n) is 2.98. The minimum Gasteiger partial charge on any atom is -0.343 e. The first-order chi connectivity index (χ1) is 7.39. The monoisotopic (exact) mass is 216 g/mol. The van der Waals surface area contributed by atoms with E-state index in [0.717, 1.165) is 5.65 Å². The molecule has 0 atom stereocenters. The van der Waals surface area contributed by atoms with Crippen LogP contribution >= 0.6 is 0 Å². The molecule has 0 aliphatic carbocycles. The van der Waals surface area contributed by atoms with E-state index >= 15 is 0 Å². The number of pyridine rings is 1. The number of H-pyrrole nitrogens is 1. The highest BCUT2D eigenvalue weighted by atomic mass is 14.9. The van der Waals surface area contributed by atoms with Crippen LogP contribution in [0.5, 0.6) is 0 Å². The zero-order valence-corrected chi connectivity index (χ0v) is 10.8. The lowest BCUT2D eigenvalue weighted by molar-refractivity contribution is 0.595. The average Bonchev–Trinajstić information content (AvgIpc) is 2.58. The van der Waals surface area contributed by atoms with Gasteiger partial charge < -0.3 is 4.98 Å². The van der Waals surface area contributed by atoms with Gasteiger partial charge >= 0.3 is 0 Å². The number of aromatic nitrogens is 2. The van der Waals surface area contributed by atoms with Crippen molar-refractivity contribution in [2.24, 2.45) is 0 Å². The Morgan fingerprint density at radius 3 is 2.50 bits per heavy atom. The predicted octanol–water partition coefficient (Wildman–Crippen LogP) is 3.98. The molecule has 1 N–H and O–H groups in total. The third kappa shape index (κ3) is 1.84. The Labute approximate surface area is 97.1 Å². The first-order valence-electron chi connectivity index (χ1n) is 5.87. The smallest absolute Gasteiger partial charge is 0.137 e. The summed E-state index contributed by atoms with van der Waals surface area (Å²) in [7, 11) is 0. The molecule has 2 nitrogen and oxygen atoms in total. The van der Waals surface area contributed by atoms with Gasteiger partial charge in [0.25, 0.3) is 0 Å². The molecule has 0 fully saturated rings. The summed E-state index contributed by atoms with van der Waals surface area (Å²) in [5.41, 5.74) is 3.80. The Balaban J connectivity index is 2.68. The van der Waals surface area contributed by atoms with E-state index in [9.17, 15) is 0 Å². The number of hydrogen-bond donors (Lipinski definition) is 1. The van der Waals surface area contributed by atoms with Crippen LogP contribution in [0.25, 0.3) is 11.0 Å². The molecule has 0 saturated heterocycles. The fraction of sp³-hybridized carbons (Fsp3) is 0.500. The number of aromatic amines is 1. The zero-order chi connectivity index (χ0) is 11.9. The van der Waals surface area contributed by atoms with E-state index in [1.54, 1.807) is 0 Å². The molecule has 0 aliphatic rings. The first-order valence-corrected chi connectivity index (χ1v) is 5.87. The van der Waals surface area contributed by atoms with Crippen molar-refractivity contribution in [1.82, 2.24) is 9.97 Å². The summed E-state index contributed by atoms with van der Waals surface area (Å²) in [6.07, 6.45) is 1.89. The van der Waals surface area contributed by atoms with Crippen molar-refractivity contribution in [3.8, 4) is 0 Å². The van der Waals surface area contributed by atoms with Crippen LogP contribution in [0.4, 0.5) is 0 Å². The molecule has 2 rings (SSSR count). The maximum absolute atomic E-state index is 4.40. The molecule has 0 saturated carbocycles. The van der Waals surface area contributed by atoms with Gasteiger partial charge in [0.15, 0.2) is 0 Å². The number of fused-ring (bicyclic) bond motifs is 1. The lowest BCUT2D eigenvalue weighted by Crippen LogP contribution is -2.11. The maximum atomic E-state index is 4.40. The van der Waals surface area contributed by atoms with Crippen molar-refractivity contribution in [2.75, 3.05) is 0 Å². The van der Waals surface area contributed by atoms with E-state index in [-0.39, 0.29) is 5.41 Å². The van der Waals surface area contributed by atoms with Crippen molar-refractivity contribution in [3.63, 3.8) is 0 Å². The summed E-state index contributed by atoms with van der Waals surface area (Å²) in [5.74, 6) is 0.516. The lowest BCUT2D eigenvalue weighted by atomic mass is 9.86. The van der Waals surface area contributed by atoms with Crippen LogP contribution in [0.2, 0.25) is 0 Å². The van der Waals surface area contributed by atoms with E-state index in [4.69, 9.17) is 0 Å². The van der Waals surface area contributed by atoms with Gasteiger partial charge in [-0.1, -0.05) is 34.6 Å². The molecule has 0 amide bonds. The van der Waals surface area contributed by atoms with Crippen LogP contribution in [-0.2, 0) is 5.41 Å². The first kappa shape index (κ1) is 11.2. The van der Waals surface area contributed by atoms with Crippen LogP contribution in [0.15, 0.2) is 18.3 Å². The molecular weight excluding hydrogens is 196 g/mol. The largest absolute Gasteiger partial charge is 0.343 e. The highest BCUT2D eigenvalue weighted by Crippen LogP contribution is 2.30. The molecule has 2 aromatic heterocycles. The standard InChI is InChI=1S/C14H20N2/c1-9(2)12-8-10-11(14(3,4)5)6-7-15-13(10)16-12/h6-9H,1-5H3,(H,15,16). The van der Waals surface area contributed by atoms with Gasteiger partial charge in [-0.25, -0.2) is 4.98 Å². The lowest BCUT2D eigenvalue weighted by Gasteiger charge is -2.19. The van der Waals surface area contributed by atoms with Crippen molar-refractivity contribution in [1.29, 1.82) is 0 Å². The molecule has 0 radical (unpaired) electrons. The Kier molecular flexibility index (Phi) is 2.53. The van der Waals surface area contributed by atoms with Gasteiger partial charge in [0.1, 0.15) is 5.65 Å². The van der Waals surface area contributed by atoms with Crippen molar-refractivity contribution < 1.29 is 0 Å². The minimum atomic E-state index is 0.164. The Morgan fingerprint density at radius 2 is 1.94 bits per heavy atom. The average molecular weight is 216 g/mol. The second-order valence-corrected chi connectivity index (χ2v) is 5.75. The van der Waals surface area contributed by atoms with Crippen molar-refractivity contribution in [3.05, 3.63) is 29.6 Å². The van der Waals surface area contributed by atoms with Crippen molar-refractivity contribution >= 4 is 11.0 Å². The number of nitrogens with one attached hydrogen (secondary N) is 1. The van der Waals surface area contributed by atoms with Gasteiger partial charge in [0.05, 0.1) is 0 Å². The van der Waals surface area contributed by atoms with Gasteiger partial charge in [-0.05, 0) is 29.0 Å². The topological polar surface area (TPSA) is 28.7 Å². The van der Waals surface area contributed by atoms with E-state index in [1.807, 2.05) is 6.20 Å². The summed E-state index contributed by atoms with van der Waals surface area (Å²) >= 11 is 0.